The van der Waals surface area contributed by atoms with Gasteiger partial charge in [-0.25, -0.2) is 0 Å². The summed E-state index contributed by atoms with van der Waals surface area (Å²) < 4.78 is 27.6. The molecule has 1 unspecified atom stereocenters. The number of benzene rings is 3. The molecule has 0 aliphatic carbocycles. The van der Waals surface area contributed by atoms with Gasteiger partial charge in [-0.1, -0.05) is 53.7 Å². The van der Waals surface area contributed by atoms with Crippen LogP contribution >= 0.6 is 11.3 Å². The van der Waals surface area contributed by atoms with Crippen molar-refractivity contribution in [2.75, 3.05) is 19.7 Å². The number of fused-ring (bicyclic) bond motifs is 5. The van der Waals surface area contributed by atoms with Crippen LogP contribution in [0.15, 0.2) is 60.7 Å². The number of rotatable bonds is 9. The summed E-state index contributed by atoms with van der Waals surface area (Å²) in [6.07, 6.45) is 1.28. The molecule has 3 heterocycles. The van der Waals surface area contributed by atoms with E-state index in [2.05, 4.69) is 116 Å². The highest BCUT2D eigenvalue weighted by atomic mass is 32.1. The summed E-state index contributed by atoms with van der Waals surface area (Å²) in [5.74, 6) is 3.63. The zero-order chi connectivity index (χ0) is 34.6. The first kappa shape index (κ1) is 34.6. The number of amides is 1. The smallest absolute Gasteiger partial charge is 0.250 e. The van der Waals surface area contributed by atoms with Gasteiger partial charge in [-0.2, -0.15) is 0 Å². The number of ether oxygens (including phenoxy) is 2. The van der Waals surface area contributed by atoms with E-state index in [-0.39, 0.29) is 22.1 Å². The molecule has 0 bridgehead atoms. The van der Waals surface area contributed by atoms with Crippen molar-refractivity contribution in [2.45, 2.75) is 96.8 Å². The van der Waals surface area contributed by atoms with Crippen molar-refractivity contribution in [3.8, 4) is 33.4 Å². The first-order valence-corrected chi connectivity index (χ1v) is 23.8. The Morgan fingerprint density at radius 3 is 2.04 bits per heavy atom. The number of nitrogens with zero attached hydrogens (tertiary/aromatic N) is 1. The second-order valence-corrected chi connectivity index (χ2v) is 26.8. The maximum Gasteiger partial charge on any atom is 0.250 e. The van der Waals surface area contributed by atoms with Gasteiger partial charge < -0.3 is 23.2 Å². The van der Waals surface area contributed by atoms with Gasteiger partial charge in [-0.05, 0) is 90.7 Å². The lowest BCUT2D eigenvalue weighted by molar-refractivity contribution is -0.128. The molecule has 2 aliphatic heterocycles. The van der Waals surface area contributed by atoms with E-state index in [1.165, 1.54) is 20.5 Å². The van der Waals surface area contributed by atoms with Crippen LogP contribution in [0.4, 0.5) is 0 Å². The van der Waals surface area contributed by atoms with Gasteiger partial charge in [0.15, 0.2) is 6.10 Å². The quantitative estimate of drug-likeness (QED) is 0.163. The molecule has 0 spiro atoms. The minimum atomic E-state index is -2.04. The van der Waals surface area contributed by atoms with E-state index >= 15 is 0 Å². The molecule has 2 aliphatic rings. The first-order valence-electron chi connectivity index (χ1n) is 17.2. The van der Waals surface area contributed by atoms with Gasteiger partial charge in [-0.15, -0.1) is 11.3 Å². The fraction of sp³-hybridized carbons (Fsp3) is 0.462. The number of carbonyl (C=O) groups excluding carboxylic acids is 1. The molecule has 6 nitrogen and oxygen atoms in total. The van der Waals surface area contributed by atoms with Crippen LogP contribution in [0.5, 0.6) is 23.0 Å². The molecule has 256 valence electrons. The lowest BCUT2D eigenvalue weighted by atomic mass is 9.93. The summed E-state index contributed by atoms with van der Waals surface area (Å²) >= 11 is 1.80. The summed E-state index contributed by atoms with van der Waals surface area (Å²) in [7, 11) is -4.03. The van der Waals surface area contributed by atoms with Gasteiger partial charge in [-0.3, -0.25) is 4.79 Å². The zero-order valence-corrected chi connectivity index (χ0v) is 33.1. The van der Waals surface area contributed by atoms with Gasteiger partial charge in [0, 0.05) is 45.1 Å². The topological polar surface area (TPSA) is 57.2 Å². The van der Waals surface area contributed by atoms with Gasteiger partial charge in [0.05, 0.1) is 6.54 Å². The van der Waals surface area contributed by atoms with Gasteiger partial charge in [0.1, 0.15) is 29.6 Å². The standard InChI is InChI=1S/C39H51NO5SSi2/c1-38(2,3)47(7,8)44-28-17-19-30-32(24-28)43-36(26-13-15-27(16-14-26)42-23-22-40-21-11-12-34(40)41)35-31-20-18-29(25-33(31)46-37(30)35)45-48(9,10)39(4,5)6/h13-20,24-25,36H,11-12,21-23H2,1-10H3. The number of thiophene rings is 1. The SMILES string of the molecule is CC(C)(C)[Si](C)(C)Oc1ccc2c(c1)OC(c1ccc(OCCN3CCCC3=O)cc1)c1c-2sc2cc(O[Si](C)(C)C(C)(C)C)ccc12. The van der Waals surface area contributed by atoms with Gasteiger partial charge in [0.25, 0.3) is 0 Å². The Morgan fingerprint density at radius 1 is 0.833 bits per heavy atom. The third kappa shape index (κ3) is 6.78. The highest BCUT2D eigenvalue weighted by Gasteiger charge is 2.41. The molecule has 1 atom stereocenters. The van der Waals surface area contributed by atoms with E-state index in [0.717, 1.165) is 47.1 Å². The predicted octanol–water partition coefficient (Wildman–Crippen LogP) is 10.8. The number of hydrogen-bond donors (Lipinski definition) is 0. The summed E-state index contributed by atoms with van der Waals surface area (Å²) in [6, 6.07) is 21.1. The Kier molecular flexibility index (Phi) is 9.05. The minimum Gasteiger partial charge on any atom is -0.543 e. The Bertz CT molecular complexity index is 1820. The van der Waals surface area contributed by atoms with Crippen LogP contribution in [-0.2, 0) is 4.79 Å². The number of carbonyl (C=O) groups is 1. The fourth-order valence-corrected chi connectivity index (χ4v) is 9.07. The average Bonchev–Trinajstić information content (AvgIpc) is 3.58. The first-order chi connectivity index (χ1) is 22.4. The van der Waals surface area contributed by atoms with Crippen molar-refractivity contribution < 1.29 is 23.1 Å². The minimum absolute atomic E-state index is 0.0863. The van der Waals surface area contributed by atoms with E-state index < -0.39 is 16.6 Å². The van der Waals surface area contributed by atoms with Crippen LogP contribution in [0.3, 0.4) is 0 Å². The van der Waals surface area contributed by atoms with E-state index in [1.807, 2.05) is 17.0 Å². The summed E-state index contributed by atoms with van der Waals surface area (Å²) in [6.45, 7) is 24.7. The molecule has 0 radical (unpaired) electrons. The second-order valence-electron chi connectivity index (χ2n) is 16.3. The molecule has 1 amide bonds. The van der Waals surface area contributed by atoms with Crippen LogP contribution in [-0.4, -0.2) is 47.1 Å². The molecular weight excluding hydrogens is 651 g/mol. The van der Waals surface area contributed by atoms with Crippen LogP contribution < -0.4 is 18.3 Å². The van der Waals surface area contributed by atoms with Gasteiger partial charge in [0.2, 0.25) is 22.5 Å². The number of hydrogen-bond acceptors (Lipinski definition) is 6. The molecule has 1 saturated heterocycles. The second kappa shape index (κ2) is 12.6. The lowest BCUT2D eigenvalue weighted by Gasteiger charge is -2.37. The van der Waals surface area contributed by atoms with Crippen molar-refractivity contribution in [2.24, 2.45) is 0 Å². The maximum absolute atomic E-state index is 12.0. The largest absolute Gasteiger partial charge is 0.543 e. The molecule has 6 rings (SSSR count). The van der Waals surface area contributed by atoms with Crippen LogP contribution in [0.2, 0.25) is 36.3 Å². The summed E-state index contributed by atoms with van der Waals surface area (Å²) in [4.78, 5) is 15.1. The number of likely N-dealkylation sites (tertiary alicyclic amines) is 1. The highest BCUT2D eigenvalue weighted by Crippen LogP contribution is 2.53. The van der Waals surface area contributed by atoms with E-state index in [4.69, 9.17) is 18.3 Å². The van der Waals surface area contributed by atoms with Crippen molar-refractivity contribution in [1.82, 2.24) is 4.90 Å². The monoisotopic (exact) mass is 701 g/mol. The normalized spacial score (nSPS) is 16.8. The summed E-state index contributed by atoms with van der Waals surface area (Å²) in [5, 5.41) is 1.38. The van der Waals surface area contributed by atoms with Crippen LogP contribution in [0.1, 0.15) is 71.6 Å². The average molecular weight is 702 g/mol. The molecule has 9 heteroatoms. The fourth-order valence-electron chi connectivity index (χ4n) is 5.74. The van der Waals surface area contributed by atoms with Crippen molar-refractivity contribution in [3.05, 3.63) is 71.8 Å². The molecule has 48 heavy (non-hydrogen) atoms. The van der Waals surface area contributed by atoms with Crippen molar-refractivity contribution in [1.29, 1.82) is 0 Å². The summed E-state index contributed by atoms with van der Waals surface area (Å²) in [5.41, 5.74) is 3.33. The molecular formula is C39H51NO5SSi2. The maximum atomic E-state index is 12.0. The van der Waals surface area contributed by atoms with Crippen molar-refractivity contribution >= 4 is 44.0 Å². The van der Waals surface area contributed by atoms with E-state index in [0.29, 0.717) is 19.6 Å². The van der Waals surface area contributed by atoms with Crippen LogP contribution in [0.25, 0.3) is 20.5 Å². The highest BCUT2D eigenvalue weighted by molar-refractivity contribution is 7.22. The third-order valence-corrected chi connectivity index (χ3v) is 20.7. The molecule has 3 aromatic carbocycles. The van der Waals surface area contributed by atoms with Crippen molar-refractivity contribution in [3.63, 3.8) is 0 Å². The third-order valence-electron chi connectivity index (χ3n) is 10.7. The zero-order valence-electron chi connectivity index (χ0n) is 30.3. The molecule has 0 N–H and O–H groups in total. The Labute approximate surface area is 292 Å². The molecule has 4 aromatic rings. The Hall–Kier alpha value is -3.28. The van der Waals surface area contributed by atoms with Crippen LogP contribution in [0, 0.1) is 0 Å². The lowest BCUT2D eigenvalue weighted by Crippen LogP contribution is -2.43. The van der Waals surface area contributed by atoms with E-state index in [1.54, 1.807) is 11.3 Å². The van der Waals surface area contributed by atoms with E-state index in [9.17, 15) is 4.79 Å². The molecule has 1 aromatic heterocycles. The Morgan fingerprint density at radius 2 is 1.44 bits per heavy atom. The van der Waals surface area contributed by atoms with Gasteiger partial charge >= 0.3 is 0 Å². The molecule has 1 fully saturated rings. The predicted molar refractivity (Wildman–Crippen MR) is 203 cm³/mol. The molecule has 0 saturated carbocycles. The Balaban J connectivity index is 1.35.